The van der Waals surface area contributed by atoms with Crippen LogP contribution >= 0.6 is 0 Å². The zero-order chi connectivity index (χ0) is 13.0. The third kappa shape index (κ3) is 4.49. The van der Waals surface area contributed by atoms with Crippen LogP contribution in [0.5, 0.6) is 0 Å². The smallest absolute Gasteiger partial charge is 0.335 e. The van der Waals surface area contributed by atoms with Crippen LogP contribution in [-0.2, 0) is 14.3 Å². The number of carboxylic acid groups (broad SMARTS) is 1. The Balaban J connectivity index is 4.77. The predicted octanol–water partition coefficient (Wildman–Crippen LogP) is 2.46. The first-order chi connectivity index (χ1) is 7.17. The Morgan fingerprint density at radius 2 is 1.88 bits per heavy atom. The molecule has 16 heavy (non-hydrogen) atoms. The maximum atomic E-state index is 11.3. The van der Waals surface area contributed by atoms with E-state index in [4.69, 9.17) is 9.47 Å². The standard InChI is InChI=1S/C12H24O4/c1-7-9(2)16-12(5,10(13)14)8-11(3,4)15-6/h9H,7-8H2,1-6H3,(H,13,14). The minimum Gasteiger partial charge on any atom is -0.479 e. The topological polar surface area (TPSA) is 55.8 Å². The van der Waals surface area contributed by atoms with E-state index in [1.54, 1.807) is 14.0 Å². The van der Waals surface area contributed by atoms with Crippen LogP contribution in [0.2, 0.25) is 0 Å². The lowest BCUT2D eigenvalue weighted by Gasteiger charge is -2.35. The van der Waals surface area contributed by atoms with Gasteiger partial charge in [0.15, 0.2) is 5.60 Å². The van der Waals surface area contributed by atoms with Crippen molar-refractivity contribution >= 4 is 5.97 Å². The van der Waals surface area contributed by atoms with E-state index >= 15 is 0 Å². The molecule has 4 heteroatoms. The largest absolute Gasteiger partial charge is 0.479 e. The third-order valence-corrected chi connectivity index (χ3v) is 2.80. The second-order valence-electron chi connectivity index (χ2n) is 5.01. The molecule has 0 rings (SSSR count). The predicted molar refractivity (Wildman–Crippen MR) is 62.6 cm³/mol. The van der Waals surface area contributed by atoms with Crippen LogP contribution in [0.3, 0.4) is 0 Å². The summed E-state index contributed by atoms with van der Waals surface area (Å²) in [6.45, 7) is 9.15. The van der Waals surface area contributed by atoms with E-state index < -0.39 is 17.2 Å². The average molecular weight is 232 g/mol. The average Bonchev–Trinajstić information content (AvgIpc) is 2.16. The molecule has 0 aromatic carbocycles. The van der Waals surface area contributed by atoms with Gasteiger partial charge in [0, 0.05) is 13.5 Å². The van der Waals surface area contributed by atoms with Crippen molar-refractivity contribution in [3.8, 4) is 0 Å². The first-order valence-corrected chi connectivity index (χ1v) is 5.63. The molecule has 0 aliphatic carbocycles. The molecule has 4 nitrogen and oxygen atoms in total. The highest BCUT2D eigenvalue weighted by Crippen LogP contribution is 2.28. The van der Waals surface area contributed by atoms with Crippen LogP contribution in [0, 0.1) is 0 Å². The van der Waals surface area contributed by atoms with Gasteiger partial charge >= 0.3 is 5.97 Å². The number of ether oxygens (including phenoxy) is 2. The van der Waals surface area contributed by atoms with Gasteiger partial charge in [-0.2, -0.15) is 0 Å². The van der Waals surface area contributed by atoms with Crippen LogP contribution in [0.1, 0.15) is 47.5 Å². The third-order valence-electron chi connectivity index (χ3n) is 2.80. The van der Waals surface area contributed by atoms with E-state index in [2.05, 4.69) is 0 Å². The van der Waals surface area contributed by atoms with E-state index in [0.717, 1.165) is 6.42 Å². The first-order valence-electron chi connectivity index (χ1n) is 5.63. The molecule has 0 aliphatic heterocycles. The van der Waals surface area contributed by atoms with Crippen LogP contribution < -0.4 is 0 Å². The van der Waals surface area contributed by atoms with E-state index in [1.165, 1.54) is 0 Å². The number of carboxylic acids is 1. The molecule has 0 aromatic rings. The Hall–Kier alpha value is -0.610. The molecule has 0 saturated heterocycles. The second-order valence-corrected chi connectivity index (χ2v) is 5.01. The number of rotatable bonds is 7. The number of aliphatic carboxylic acids is 1. The van der Waals surface area contributed by atoms with E-state index in [9.17, 15) is 9.90 Å². The lowest BCUT2D eigenvalue weighted by atomic mass is 9.90. The molecule has 2 unspecified atom stereocenters. The summed E-state index contributed by atoms with van der Waals surface area (Å²) in [5.41, 5.74) is -1.71. The van der Waals surface area contributed by atoms with Crippen molar-refractivity contribution in [3.05, 3.63) is 0 Å². The highest BCUT2D eigenvalue weighted by atomic mass is 16.5. The monoisotopic (exact) mass is 232 g/mol. The molecule has 0 radical (unpaired) electrons. The Kier molecular flexibility index (Phi) is 5.42. The lowest BCUT2D eigenvalue weighted by Crippen LogP contribution is -2.46. The van der Waals surface area contributed by atoms with Gasteiger partial charge in [0.2, 0.25) is 0 Å². The zero-order valence-corrected chi connectivity index (χ0v) is 11.2. The van der Waals surface area contributed by atoms with Crippen LogP contribution in [0.15, 0.2) is 0 Å². The highest BCUT2D eigenvalue weighted by molar-refractivity contribution is 5.77. The van der Waals surface area contributed by atoms with Crippen molar-refractivity contribution < 1.29 is 19.4 Å². The van der Waals surface area contributed by atoms with Gasteiger partial charge in [0.25, 0.3) is 0 Å². The summed E-state index contributed by atoms with van der Waals surface area (Å²) in [7, 11) is 1.57. The van der Waals surface area contributed by atoms with Gasteiger partial charge in [-0.3, -0.25) is 0 Å². The molecular formula is C12H24O4. The van der Waals surface area contributed by atoms with Crippen LogP contribution in [-0.4, -0.2) is 35.5 Å². The van der Waals surface area contributed by atoms with Gasteiger partial charge in [-0.1, -0.05) is 6.92 Å². The molecule has 0 amide bonds. The molecule has 0 saturated carbocycles. The van der Waals surface area contributed by atoms with Crippen LogP contribution in [0.25, 0.3) is 0 Å². The minimum atomic E-state index is -1.20. The van der Waals surface area contributed by atoms with Crippen molar-refractivity contribution in [2.24, 2.45) is 0 Å². The number of carbonyl (C=O) groups is 1. The lowest BCUT2D eigenvalue weighted by molar-refractivity contribution is -0.180. The molecule has 0 heterocycles. The molecular weight excluding hydrogens is 208 g/mol. The molecule has 0 aliphatic rings. The maximum absolute atomic E-state index is 11.3. The fraction of sp³-hybridized carbons (Fsp3) is 0.917. The molecule has 0 aromatic heterocycles. The van der Waals surface area contributed by atoms with Crippen molar-refractivity contribution in [2.75, 3.05) is 7.11 Å². The maximum Gasteiger partial charge on any atom is 0.335 e. The summed E-state index contributed by atoms with van der Waals surface area (Å²) in [6.07, 6.45) is 1.03. The number of hydrogen-bond acceptors (Lipinski definition) is 3. The Bertz CT molecular complexity index is 237. The molecule has 0 fully saturated rings. The Morgan fingerprint density at radius 1 is 1.38 bits per heavy atom. The SMILES string of the molecule is CCC(C)OC(C)(CC(C)(C)OC)C(=O)O. The fourth-order valence-corrected chi connectivity index (χ4v) is 1.58. The Labute approximate surface area is 97.9 Å². The Morgan fingerprint density at radius 3 is 2.19 bits per heavy atom. The van der Waals surface area contributed by atoms with Crippen molar-refractivity contribution in [3.63, 3.8) is 0 Å². The van der Waals surface area contributed by atoms with Gasteiger partial charge in [-0.25, -0.2) is 4.79 Å². The number of methoxy groups -OCH3 is 1. The molecule has 0 bridgehead atoms. The fourth-order valence-electron chi connectivity index (χ4n) is 1.58. The van der Waals surface area contributed by atoms with Gasteiger partial charge < -0.3 is 14.6 Å². The summed E-state index contributed by atoms with van der Waals surface area (Å²) in [6, 6.07) is 0. The molecule has 1 N–H and O–H groups in total. The normalized spacial score (nSPS) is 17.9. The second kappa shape index (κ2) is 5.64. The summed E-state index contributed by atoms with van der Waals surface area (Å²) < 4.78 is 10.9. The summed E-state index contributed by atoms with van der Waals surface area (Å²) in [5.74, 6) is -0.946. The van der Waals surface area contributed by atoms with E-state index in [0.29, 0.717) is 6.42 Å². The van der Waals surface area contributed by atoms with Crippen molar-refractivity contribution in [1.82, 2.24) is 0 Å². The van der Waals surface area contributed by atoms with E-state index in [-0.39, 0.29) is 6.10 Å². The van der Waals surface area contributed by atoms with Gasteiger partial charge in [-0.05, 0) is 34.1 Å². The van der Waals surface area contributed by atoms with Crippen molar-refractivity contribution in [2.45, 2.75) is 64.8 Å². The van der Waals surface area contributed by atoms with Gasteiger partial charge in [-0.15, -0.1) is 0 Å². The van der Waals surface area contributed by atoms with Gasteiger partial charge in [0.1, 0.15) is 0 Å². The zero-order valence-electron chi connectivity index (χ0n) is 11.2. The minimum absolute atomic E-state index is 0.0752. The molecule has 2 atom stereocenters. The molecule has 0 spiro atoms. The van der Waals surface area contributed by atoms with Crippen LogP contribution in [0.4, 0.5) is 0 Å². The summed E-state index contributed by atoms with van der Waals surface area (Å²) in [5, 5.41) is 9.26. The highest BCUT2D eigenvalue weighted by Gasteiger charge is 2.41. The number of hydrogen-bond donors (Lipinski definition) is 1. The summed E-state index contributed by atoms with van der Waals surface area (Å²) in [4.78, 5) is 11.3. The molecule has 96 valence electrons. The van der Waals surface area contributed by atoms with Gasteiger partial charge in [0.05, 0.1) is 11.7 Å². The quantitative estimate of drug-likeness (QED) is 0.732. The van der Waals surface area contributed by atoms with E-state index in [1.807, 2.05) is 27.7 Å². The summed E-state index contributed by atoms with van der Waals surface area (Å²) >= 11 is 0. The first kappa shape index (κ1) is 15.4. The van der Waals surface area contributed by atoms with Crippen molar-refractivity contribution in [1.29, 1.82) is 0 Å².